The van der Waals surface area contributed by atoms with E-state index in [9.17, 15) is 9.59 Å². The maximum atomic E-state index is 12.4. The molecule has 0 spiro atoms. The highest BCUT2D eigenvalue weighted by Crippen LogP contribution is 2.23. The molecule has 9 heteroatoms. The van der Waals surface area contributed by atoms with Gasteiger partial charge in [0, 0.05) is 17.3 Å². The predicted octanol–water partition coefficient (Wildman–Crippen LogP) is 2.50. The predicted molar refractivity (Wildman–Crippen MR) is 114 cm³/mol. The number of aromatic nitrogens is 4. The summed E-state index contributed by atoms with van der Waals surface area (Å²) in [5.41, 5.74) is 3.16. The number of thioether (sulfide) groups is 1. The normalized spacial score (nSPS) is 12.0. The summed E-state index contributed by atoms with van der Waals surface area (Å²) in [4.78, 5) is 32.1. The van der Waals surface area contributed by atoms with Crippen molar-refractivity contribution < 1.29 is 14.3 Å². The first-order chi connectivity index (χ1) is 14.6. The van der Waals surface area contributed by atoms with E-state index in [0.717, 1.165) is 28.2 Å². The van der Waals surface area contributed by atoms with Gasteiger partial charge in [-0.3, -0.25) is 4.79 Å². The number of methoxy groups -OCH3 is 1. The van der Waals surface area contributed by atoms with Crippen LogP contribution in [0.15, 0.2) is 59.8 Å². The van der Waals surface area contributed by atoms with Gasteiger partial charge in [0.05, 0.1) is 12.9 Å². The van der Waals surface area contributed by atoms with E-state index < -0.39 is 12.0 Å². The van der Waals surface area contributed by atoms with E-state index in [1.807, 2.05) is 54.6 Å². The lowest BCUT2D eigenvalue weighted by atomic mass is 10.1. The fraction of sp³-hybridized carbons (Fsp3) is 0.190. The number of aromatic amines is 1. The summed E-state index contributed by atoms with van der Waals surface area (Å²) in [6, 6.07) is 16.4. The zero-order valence-corrected chi connectivity index (χ0v) is 17.0. The zero-order chi connectivity index (χ0) is 20.9. The van der Waals surface area contributed by atoms with Crippen molar-refractivity contribution in [2.75, 3.05) is 12.9 Å². The number of hydrogen-bond acceptors (Lipinski definition) is 7. The van der Waals surface area contributed by atoms with Gasteiger partial charge in [-0.2, -0.15) is 0 Å². The highest BCUT2D eigenvalue weighted by molar-refractivity contribution is 7.99. The van der Waals surface area contributed by atoms with Crippen molar-refractivity contribution in [1.29, 1.82) is 0 Å². The quantitative estimate of drug-likeness (QED) is 0.348. The van der Waals surface area contributed by atoms with E-state index in [-0.39, 0.29) is 11.7 Å². The zero-order valence-electron chi connectivity index (χ0n) is 16.2. The van der Waals surface area contributed by atoms with Crippen LogP contribution in [0.4, 0.5) is 0 Å². The molecule has 4 aromatic rings. The Bertz CT molecular complexity index is 1200. The molecule has 4 rings (SSSR count). The number of nitrogens with one attached hydrogen (secondary N) is 2. The van der Waals surface area contributed by atoms with E-state index in [2.05, 4.69) is 25.5 Å². The van der Waals surface area contributed by atoms with Crippen molar-refractivity contribution in [3.8, 4) is 0 Å². The van der Waals surface area contributed by atoms with Crippen molar-refractivity contribution in [3.05, 3.63) is 60.2 Å². The Kier molecular flexibility index (Phi) is 5.89. The largest absolute Gasteiger partial charge is 0.467 e. The second-order valence-electron chi connectivity index (χ2n) is 6.58. The summed E-state index contributed by atoms with van der Waals surface area (Å²) >= 11 is 1.15. The Balaban J connectivity index is 1.41. The third-order valence-corrected chi connectivity index (χ3v) is 5.38. The first kappa shape index (κ1) is 19.8. The molecule has 2 aromatic carbocycles. The molecule has 0 aliphatic carbocycles. The summed E-state index contributed by atoms with van der Waals surface area (Å²) in [6.45, 7) is 0. The number of fused-ring (bicyclic) bond motifs is 3. The molecule has 0 aliphatic rings. The van der Waals surface area contributed by atoms with Crippen LogP contribution in [-0.2, 0) is 20.7 Å². The van der Waals surface area contributed by atoms with Crippen molar-refractivity contribution in [2.45, 2.75) is 17.6 Å². The van der Waals surface area contributed by atoms with Gasteiger partial charge in [0.25, 0.3) is 0 Å². The molecule has 2 N–H and O–H groups in total. The summed E-state index contributed by atoms with van der Waals surface area (Å²) < 4.78 is 4.83. The van der Waals surface area contributed by atoms with Gasteiger partial charge in [-0.1, -0.05) is 60.3 Å². The van der Waals surface area contributed by atoms with Crippen molar-refractivity contribution >= 4 is 45.7 Å². The van der Waals surface area contributed by atoms with Gasteiger partial charge in [-0.05, 0) is 11.6 Å². The molecule has 1 unspecified atom stereocenters. The lowest BCUT2D eigenvalue weighted by molar-refractivity contribution is -0.144. The van der Waals surface area contributed by atoms with Crippen LogP contribution in [0.25, 0.3) is 22.1 Å². The van der Waals surface area contributed by atoms with Crippen molar-refractivity contribution in [2.24, 2.45) is 0 Å². The molecule has 0 aliphatic heterocycles. The molecule has 0 fully saturated rings. The minimum atomic E-state index is -0.763. The van der Waals surface area contributed by atoms with Crippen LogP contribution in [0.3, 0.4) is 0 Å². The van der Waals surface area contributed by atoms with E-state index >= 15 is 0 Å². The topological polar surface area (TPSA) is 110 Å². The van der Waals surface area contributed by atoms with Gasteiger partial charge in [0.2, 0.25) is 11.1 Å². The second kappa shape index (κ2) is 8.91. The average molecular weight is 421 g/mol. The Hall–Kier alpha value is -3.46. The average Bonchev–Trinajstić information content (AvgIpc) is 3.15. The van der Waals surface area contributed by atoms with Crippen LogP contribution >= 0.6 is 11.8 Å². The summed E-state index contributed by atoms with van der Waals surface area (Å²) in [5.74, 6) is -0.753. The number of amides is 1. The molecule has 2 aromatic heterocycles. The first-order valence-electron chi connectivity index (χ1n) is 9.29. The van der Waals surface area contributed by atoms with Gasteiger partial charge < -0.3 is 15.0 Å². The first-order valence-corrected chi connectivity index (χ1v) is 10.3. The molecule has 8 nitrogen and oxygen atoms in total. The van der Waals surface area contributed by atoms with Crippen LogP contribution in [0.1, 0.15) is 5.56 Å². The van der Waals surface area contributed by atoms with Crippen LogP contribution in [-0.4, -0.2) is 50.9 Å². The Morgan fingerprint density at radius 3 is 2.67 bits per heavy atom. The lowest BCUT2D eigenvalue weighted by Gasteiger charge is -2.16. The summed E-state index contributed by atoms with van der Waals surface area (Å²) in [5, 5.41) is 12.4. The smallest absolute Gasteiger partial charge is 0.328 e. The van der Waals surface area contributed by atoms with Gasteiger partial charge in [0.15, 0.2) is 5.65 Å². The standard InChI is InChI=1S/C21H19N5O3S/c1-29-20(28)16(11-13-7-3-2-4-8-13)22-17(27)12-30-21-24-19-18(25-26-21)14-9-5-6-10-15(14)23-19/h2-10,16H,11-12H2,1H3,(H,22,27)(H,23,24,26). The van der Waals surface area contributed by atoms with E-state index in [1.54, 1.807) is 0 Å². The third-order valence-electron chi connectivity index (χ3n) is 4.54. The van der Waals surface area contributed by atoms with E-state index in [4.69, 9.17) is 4.74 Å². The lowest BCUT2D eigenvalue weighted by Crippen LogP contribution is -2.43. The SMILES string of the molecule is COC(=O)C(Cc1ccccc1)NC(=O)CSc1nnc2c(n1)[nH]c1ccccc12. The number of H-pyrrole nitrogens is 1. The van der Waals surface area contributed by atoms with E-state index in [1.165, 1.54) is 7.11 Å². The highest BCUT2D eigenvalue weighted by Gasteiger charge is 2.22. The van der Waals surface area contributed by atoms with Crippen LogP contribution in [0, 0.1) is 0 Å². The fourth-order valence-corrected chi connectivity index (χ4v) is 3.72. The second-order valence-corrected chi connectivity index (χ2v) is 7.53. The Morgan fingerprint density at radius 1 is 1.10 bits per heavy atom. The molecular formula is C21H19N5O3S. The number of para-hydroxylation sites is 1. The number of carbonyl (C=O) groups excluding carboxylic acids is 2. The van der Waals surface area contributed by atoms with Gasteiger partial charge >= 0.3 is 5.97 Å². The minimum Gasteiger partial charge on any atom is -0.467 e. The summed E-state index contributed by atoms with van der Waals surface area (Å²) in [7, 11) is 1.30. The van der Waals surface area contributed by atoms with Crippen LogP contribution in [0.5, 0.6) is 0 Å². The van der Waals surface area contributed by atoms with Crippen molar-refractivity contribution in [3.63, 3.8) is 0 Å². The minimum absolute atomic E-state index is 0.0513. The Morgan fingerprint density at radius 2 is 1.87 bits per heavy atom. The van der Waals surface area contributed by atoms with Gasteiger partial charge in [-0.25, -0.2) is 9.78 Å². The number of ether oxygens (including phenoxy) is 1. The van der Waals surface area contributed by atoms with Crippen LogP contribution in [0.2, 0.25) is 0 Å². The van der Waals surface area contributed by atoms with Gasteiger partial charge in [0.1, 0.15) is 11.6 Å². The Labute approximate surface area is 176 Å². The molecule has 0 bridgehead atoms. The molecule has 2 heterocycles. The molecule has 0 radical (unpaired) electrons. The number of esters is 1. The monoisotopic (exact) mass is 421 g/mol. The summed E-state index contributed by atoms with van der Waals surface area (Å²) in [6.07, 6.45) is 0.350. The molecule has 0 saturated heterocycles. The van der Waals surface area contributed by atoms with Gasteiger partial charge in [-0.15, -0.1) is 10.2 Å². The molecular weight excluding hydrogens is 402 g/mol. The highest BCUT2D eigenvalue weighted by atomic mass is 32.2. The molecule has 1 atom stereocenters. The molecule has 1 amide bonds. The maximum absolute atomic E-state index is 12.4. The van der Waals surface area contributed by atoms with E-state index in [0.29, 0.717) is 22.7 Å². The van der Waals surface area contributed by atoms with Crippen molar-refractivity contribution in [1.82, 2.24) is 25.5 Å². The maximum Gasteiger partial charge on any atom is 0.328 e. The molecule has 152 valence electrons. The molecule has 30 heavy (non-hydrogen) atoms. The number of carbonyl (C=O) groups is 2. The molecule has 0 saturated carbocycles. The number of nitrogens with zero attached hydrogens (tertiary/aromatic N) is 3. The number of rotatable bonds is 7. The number of benzene rings is 2. The number of hydrogen-bond donors (Lipinski definition) is 2. The van der Waals surface area contributed by atoms with Crippen LogP contribution < -0.4 is 5.32 Å². The fourth-order valence-electron chi connectivity index (χ4n) is 3.12. The third kappa shape index (κ3) is 4.41.